The summed E-state index contributed by atoms with van der Waals surface area (Å²) in [5.41, 5.74) is 0.784. The van der Waals surface area contributed by atoms with Gasteiger partial charge in [0.15, 0.2) is 0 Å². The second-order valence-corrected chi connectivity index (χ2v) is 7.07. The number of anilines is 1. The van der Waals surface area contributed by atoms with Crippen LogP contribution in [0.2, 0.25) is 0 Å². The van der Waals surface area contributed by atoms with Gasteiger partial charge in [0, 0.05) is 19.1 Å². The highest BCUT2D eigenvalue weighted by Crippen LogP contribution is 2.35. The largest absolute Gasteiger partial charge is 0.304 e. The van der Waals surface area contributed by atoms with Gasteiger partial charge in [0.05, 0.1) is 5.69 Å². The Hall–Kier alpha value is -1.07. The maximum atomic E-state index is 12.9. The van der Waals surface area contributed by atoms with Crippen molar-refractivity contribution >= 4 is 15.9 Å². The van der Waals surface area contributed by atoms with Gasteiger partial charge in [-0.1, -0.05) is 32.0 Å². The van der Waals surface area contributed by atoms with Crippen molar-refractivity contribution in [2.45, 2.75) is 45.6 Å². The lowest BCUT2D eigenvalue weighted by atomic mass is 10.3. The van der Waals surface area contributed by atoms with Crippen molar-refractivity contribution in [3.8, 4) is 0 Å². The third-order valence-corrected chi connectivity index (χ3v) is 5.43. The Morgan fingerprint density at radius 1 is 1.05 bits per heavy atom. The van der Waals surface area contributed by atoms with E-state index in [0.29, 0.717) is 13.1 Å². The molecule has 1 aliphatic rings. The van der Waals surface area contributed by atoms with Gasteiger partial charge in [-0.25, -0.2) is 0 Å². The zero-order valence-electron chi connectivity index (χ0n) is 12.3. The van der Waals surface area contributed by atoms with E-state index in [-0.39, 0.29) is 6.04 Å². The molecule has 4 nitrogen and oxygen atoms in total. The first kappa shape index (κ1) is 15.3. The molecule has 0 spiro atoms. The minimum absolute atomic E-state index is 0.138. The SMILES string of the molecule is CCCN(CCC)S(=O)(=O)N(c1ccccc1)C1CC1. The minimum Gasteiger partial charge on any atom is -0.255 e. The summed E-state index contributed by atoms with van der Waals surface area (Å²) < 4.78 is 29.1. The lowest BCUT2D eigenvalue weighted by Gasteiger charge is -2.31. The van der Waals surface area contributed by atoms with E-state index in [1.54, 1.807) is 8.61 Å². The average molecular weight is 296 g/mol. The quantitative estimate of drug-likeness (QED) is 0.740. The smallest absolute Gasteiger partial charge is 0.255 e. The molecule has 1 fully saturated rings. The lowest BCUT2D eigenvalue weighted by Crippen LogP contribution is -2.45. The molecule has 2 rings (SSSR count). The van der Waals surface area contributed by atoms with Crippen molar-refractivity contribution in [3.05, 3.63) is 30.3 Å². The Bertz CT molecular complexity index is 506. The van der Waals surface area contributed by atoms with Gasteiger partial charge < -0.3 is 0 Å². The van der Waals surface area contributed by atoms with Crippen LogP contribution in [0.1, 0.15) is 39.5 Å². The van der Waals surface area contributed by atoms with Crippen molar-refractivity contribution < 1.29 is 8.42 Å². The maximum absolute atomic E-state index is 12.9. The monoisotopic (exact) mass is 296 g/mol. The van der Waals surface area contributed by atoms with Crippen LogP contribution in [-0.4, -0.2) is 31.9 Å². The van der Waals surface area contributed by atoms with Crippen LogP contribution in [0.4, 0.5) is 5.69 Å². The molecule has 0 amide bonds. The van der Waals surface area contributed by atoms with Gasteiger partial charge in [-0.2, -0.15) is 12.7 Å². The Morgan fingerprint density at radius 3 is 2.05 bits per heavy atom. The van der Waals surface area contributed by atoms with E-state index in [1.807, 2.05) is 44.2 Å². The van der Waals surface area contributed by atoms with Crippen LogP contribution in [0.5, 0.6) is 0 Å². The lowest BCUT2D eigenvalue weighted by molar-refractivity contribution is 0.407. The van der Waals surface area contributed by atoms with Crippen LogP contribution in [0, 0.1) is 0 Å². The molecule has 0 heterocycles. The highest BCUT2D eigenvalue weighted by molar-refractivity contribution is 7.90. The van der Waals surface area contributed by atoms with Gasteiger partial charge in [-0.05, 0) is 37.8 Å². The molecule has 1 aromatic carbocycles. The molecule has 1 aliphatic carbocycles. The van der Waals surface area contributed by atoms with Gasteiger partial charge in [0.25, 0.3) is 0 Å². The van der Waals surface area contributed by atoms with Crippen LogP contribution < -0.4 is 4.31 Å². The standard InChI is InChI=1S/C15H24N2O2S/c1-3-12-16(13-4-2)20(18,19)17(15-10-11-15)14-8-6-5-7-9-14/h5-9,15H,3-4,10-13H2,1-2H3. The highest BCUT2D eigenvalue weighted by Gasteiger charge is 2.40. The van der Waals surface area contributed by atoms with Crippen molar-refractivity contribution in [2.24, 2.45) is 0 Å². The fourth-order valence-corrected chi connectivity index (χ4v) is 4.43. The molecule has 112 valence electrons. The van der Waals surface area contributed by atoms with Crippen LogP contribution in [0.15, 0.2) is 30.3 Å². The third-order valence-electron chi connectivity index (χ3n) is 3.41. The second kappa shape index (κ2) is 6.59. The molecule has 1 saturated carbocycles. The van der Waals surface area contributed by atoms with E-state index >= 15 is 0 Å². The van der Waals surface area contributed by atoms with Crippen molar-refractivity contribution in [3.63, 3.8) is 0 Å². The van der Waals surface area contributed by atoms with Gasteiger partial charge in [0.1, 0.15) is 0 Å². The van der Waals surface area contributed by atoms with Gasteiger partial charge in [0.2, 0.25) is 0 Å². The highest BCUT2D eigenvalue weighted by atomic mass is 32.2. The number of para-hydroxylation sites is 1. The number of rotatable bonds is 8. The van der Waals surface area contributed by atoms with E-state index in [9.17, 15) is 8.42 Å². The average Bonchev–Trinajstić information content (AvgIpc) is 3.24. The molecule has 0 saturated heterocycles. The molecule has 0 radical (unpaired) electrons. The van der Waals surface area contributed by atoms with E-state index < -0.39 is 10.2 Å². The van der Waals surface area contributed by atoms with Gasteiger partial charge >= 0.3 is 10.2 Å². The first-order valence-electron chi connectivity index (χ1n) is 7.45. The van der Waals surface area contributed by atoms with Gasteiger partial charge in [-0.3, -0.25) is 4.31 Å². The van der Waals surface area contributed by atoms with E-state index in [4.69, 9.17) is 0 Å². The third kappa shape index (κ3) is 3.33. The number of hydrogen-bond donors (Lipinski definition) is 0. The minimum atomic E-state index is -3.41. The molecule has 5 heteroatoms. The fourth-order valence-electron chi connectivity index (χ4n) is 2.38. The molecular weight excluding hydrogens is 272 g/mol. The predicted molar refractivity (Wildman–Crippen MR) is 83.0 cm³/mol. The Labute approximate surface area is 122 Å². The molecule has 1 aromatic rings. The first-order chi connectivity index (χ1) is 9.61. The molecule has 0 aromatic heterocycles. The summed E-state index contributed by atoms with van der Waals surface area (Å²) in [6, 6.07) is 9.60. The van der Waals surface area contributed by atoms with Crippen molar-refractivity contribution in [1.82, 2.24) is 4.31 Å². The summed E-state index contributed by atoms with van der Waals surface area (Å²) >= 11 is 0. The number of nitrogens with zero attached hydrogens (tertiary/aromatic N) is 2. The Kier molecular flexibility index (Phi) is 5.05. The van der Waals surface area contributed by atoms with E-state index in [2.05, 4.69) is 0 Å². The molecule has 0 N–H and O–H groups in total. The molecule has 20 heavy (non-hydrogen) atoms. The van der Waals surface area contributed by atoms with Crippen LogP contribution in [0.3, 0.4) is 0 Å². The summed E-state index contributed by atoms with van der Waals surface area (Å²) in [7, 11) is -3.41. The van der Waals surface area contributed by atoms with Gasteiger partial charge in [-0.15, -0.1) is 0 Å². The van der Waals surface area contributed by atoms with Crippen LogP contribution >= 0.6 is 0 Å². The van der Waals surface area contributed by atoms with Crippen molar-refractivity contribution in [2.75, 3.05) is 17.4 Å². The summed E-state index contributed by atoms with van der Waals surface area (Å²) in [6.07, 6.45) is 3.60. The number of benzene rings is 1. The summed E-state index contributed by atoms with van der Waals surface area (Å²) in [4.78, 5) is 0. The second-order valence-electron chi connectivity index (χ2n) is 5.27. The maximum Gasteiger partial charge on any atom is 0.304 e. The summed E-state index contributed by atoms with van der Waals surface area (Å²) in [5, 5.41) is 0. The summed E-state index contributed by atoms with van der Waals surface area (Å²) in [5.74, 6) is 0. The predicted octanol–water partition coefficient (Wildman–Crippen LogP) is 3.02. The molecule has 0 bridgehead atoms. The topological polar surface area (TPSA) is 40.6 Å². The van der Waals surface area contributed by atoms with Crippen LogP contribution in [0.25, 0.3) is 0 Å². The zero-order chi connectivity index (χ0) is 14.6. The van der Waals surface area contributed by atoms with Crippen LogP contribution in [-0.2, 0) is 10.2 Å². The molecule has 0 unspecified atom stereocenters. The fraction of sp³-hybridized carbons (Fsp3) is 0.600. The number of hydrogen-bond acceptors (Lipinski definition) is 2. The van der Waals surface area contributed by atoms with Crippen molar-refractivity contribution in [1.29, 1.82) is 0 Å². The van der Waals surface area contributed by atoms with E-state index in [0.717, 1.165) is 31.4 Å². The Balaban J connectivity index is 2.32. The Morgan fingerprint density at radius 2 is 1.60 bits per heavy atom. The molecule has 0 atom stereocenters. The van der Waals surface area contributed by atoms with E-state index in [1.165, 1.54) is 0 Å². The zero-order valence-corrected chi connectivity index (χ0v) is 13.1. The first-order valence-corrected chi connectivity index (χ1v) is 8.85. The molecule has 0 aliphatic heterocycles. The molecular formula is C15H24N2O2S. The summed E-state index contributed by atoms with van der Waals surface area (Å²) in [6.45, 7) is 5.21. The normalized spacial score (nSPS) is 15.6.